The summed E-state index contributed by atoms with van der Waals surface area (Å²) in [6.45, 7) is 3.35. The molecule has 0 radical (unpaired) electrons. The zero-order valence-corrected chi connectivity index (χ0v) is 12.2. The molecule has 0 unspecified atom stereocenters. The van der Waals surface area contributed by atoms with Crippen molar-refractivity contribution < 1.29 is 4.79 Å². The van der Waals surface area contributed by atoms with Gasteiger partial charge in [-0.3, -0.25) is 4.79 Å². The van der Waals surface area contributed by atoms with Crippen LogP contribution in [0, 0.1) is 5.92 Å². The molecule has 0 aliphatic carbocycles. The Hall–Kier alpha value is -1.52. The number of carbonyl (C=O) groups is 1. The van der Waals surface area contributed by atoms with Crippen LogP contribution >= 0.6 is 12.4 Å². The number of benzene rings is 1. The van der Waals surface area contributed by atoms with Gasteiger partial charge in [-0.15, -0.1) is 12.4 Å². The number of aryl methyl sites for hydroxylation is 1. The molecule has 2 heterocycles. The van der Waals surface area contributed by atoms with Crippen LogP contribution in [-0.2, 0) is 11.3 Å². The molecule has 0 atom stereocenters. The predicted molar refractivity (Wildman–Crippen MR) is 83.2 cm³/mol. The summed E-state index contributed by atoms with van der Waals surface area (Å²) in [7, 11) is 0. The Kier molecular flexibility index (Phi) is 5.04. The second kappa shape index (κ2) is 6.77. The van der Waals surface area contributed by atoms with Crippen molar-refractivity contribution in [1.82, 2.24) is 15.2 Å². The van der Waals surface area contributed by atoms with Gasteiger partial charge in [0.25, 0.3) is 0 Å². The van der Waals surface area contributed by atoms with E-state index in [2.05, 4.69) is 51.7 Å². The van der Waals surface area contributed by atoms with Crippen molar-refractivity contribution in [3.8, 4) is 0 Å². The lowest BCUT2D eigenvalue weighted by molar-refractivity contribution is -0.126. The molecule has 2 N–H and O–H groups in total. The van der Waals surface area contributed by atoms with Crippen LogP contribution in [0.25, 0.3) is 10.9 Å². The van der Waals surface area contributed by atoms with Gasteiger partial charge >= 0.3 is 0 Å². The first kappa shape index (κ1) is 14.9. The summed E-state index contributed by atoms with van der Waals surface area (Å²) in [5.41, 5.74) is 1.26. The average molecular weight is 294 g/mol. The largest absolute Gasteiger partial charge is 0.356 e. The number of nitrogens with one attached hydrogen (secondary N) is 2. The number of halogens is 1. The van der Waals surface area contributed by atoms with E-state index >= 15 is 0 Å². The van der Waals surface area contributed by atoms with E-state index in [4.69, 9.17) is 0 Å². The molecule has 1 amide bonds. The first-order valence-electron chi connectivity index (χ1n) is 6.87. The molecule has 20 heavy (non-hydrogen) atoms. The smallest absolute Gasteiger partial charge is 0.225 e. The predicted octanol–water partition coefficient (Wildman–Crippen LogP) is 1.79. The highest BCUT2D eigenvalue weighted by Crippen LogP contribution is 2.15. The highest BCUT2D eigenvalue weighted by Gasteiger charge is 2.23. The van der Waals surface area contributed by atoms with E-state index in [9.17, 15) is 4.79 Å². The molecule has 0 bridgehead atoms. The van der Waals surface area contributed by atoms with Crippen molar-refractivity contribution in [2.24, 2.45) is 5.92 Å². The van der Waals surface area contributed by atoms with Crippen LogP contribution in [0.2, 0.25) is 0 Å². The fourth-order valence-electron chi connectivity index (χ4n) is 2.41. The van der Waals surface area contributed by atoms with Crippen molar-refractivity contribution in [2.45, 2.75) is 13.0 Å². The van der Waals surface area contributed by atoms with Gasteiger partial charge in [0.2, 0.25) is 5.91 Å². The van der Waals surface area contributed by atoms with Crippen molar-refractivity contribution in [3.63, 3.8) is 0 Å². The van der Waals surface area contributed by atoms with Crippen LogP contribution in [0.4, 0.5) is 0 Å². The van der Waals surface area contributed by atoms with Crippen LogP contribution < -0.4 is 10.6 Å². The normalized spacial score (nSPS) is 14.6. The highest BCUT2D eigenvalue weighted by molar-refractivity contribution is 5.85. The molecular weight excluding hydrogens is 274 g/mol. The molecule has 1 aromatic carbocycles. The summed E-state index contributed by atoms with van der Waals surface area (Å²) in [5, 5.41) is 7.38. The number of aromatic nitrogens is 1. The van der Waals surface area contributed by atoms with E-state index in [0.717, 1.165) is 32.6 Å². The fraction of sp³-hybridized carbons (Fsp3) is 0.400. The minimum absolute atomic E-state index is 0. The van der Waals surface area contributed by atoms with E-state index in [1.54, 1.807) is 0 Å². The van der Waals surface area contributed by atoms with Gasteiger partial charge in [-0.2, -0.15) is 0 Å². The molecule has 1 saturated heterocycles. The molecule has 4 nitrogen and oxygen atoms in total. The minimum Gasteiger partial charge on any atom is -0.356 e. The summed E-state index contributed by atoms with van der Waals surface area (Å²) in [6.07, 6.45) is 3.08. The molecule has 1 aliphatic heterocycles. The van der Waals surface area contributed by atoms with E-state index in [1.807, 2.05) is 0 Å². The van der Waals surface area contributed by atoms with E-state index < -0.39 is 0 Å². The summed E-state index contributed by atoms with van der Waals surface area (Å²) in [5.74, 6) is 0.378. The third-order valence-corrected chi connectivity index (χ3v) is 3.71. The molecule has 1 aromatic heterocycles. The maximum absolute atomic E-state index is 11.6. The second-order valence-electron chi connectivity index (χ2n) is 5.07. The van der Waals surface area contributed by atoms with Gasteiger partial charge in [0.15, 0.2) is 0 Å². The first-order valence-corrected chi connectivity index (χ1v) is 6.87. The maximum Gasteiger partial charge on any atom is 0.225 e. The Morgan fingerprint density at radius 3 is 2.85 bits per heavy atom. The van der Waals surface area contributed by atoms with Gasteiger partial charge in [0.05, 0.1) is 5.92 Å². The van der Waals surface area contributed by atoms with Crippen LogP contribution in [-0.4, -0.2) is 30.1 Å². The monoisotopic (exact) mass is 293 g/mol. The maximum atomic E-state index is 11.6. The lowest BCUT2D eigenvalue weighted by Crippen LogP contribution is -2.50. The highest BCUT2D eigenvalue weighted by atomic mass is 35.5. The van der Waals surface area contributed by atoms with Crippen molar-refractivity contribution in [3.05, 3.63) is 36.5 Å². The Morgan fingerprint density at radius 2 is 2.10 bits per heavy atom. The molecule has 1 fully saturated rings. The number of fused-ring (bicyclic) bond motifs is 1. The average Bonchev–Trinajstić information content (AvgIpc) is 2.76. The number of hydrogen-bond acceptors (Lipinski definition) is 2. The molecular formula is C15H20ClN3O. The third-order valence-electron chi connectivity index (χ3n) is 3.71. The van der Waals surface area contributed by atoms with Gasteiger partial charge in [0.1, 0.15) is 0 Å². The summed E-state index contributed by atoms with van der Waals surface area (Å²) >= 11 is 0. The van der Waals surface area contributed by atoms with Gasteiger partial charge in [0, 0.05) is 37.9 Å². The Bertz CT molecular complexity index is 577. The number of nitrogens with zero attached hydrogens (tertiary/aromatic N) is 1. The van der Waals surface area contributed by atoms with Crippen molar-refractivity contribution >= 4 is 29.2 Å². The number of para-hydroxylation sites is 1. The Labute approximate surface area is 124 Å². The van der Waals surface area contributed by atoms with Crippen molar-refractivity contribution in [1.29, 1.82) is 0 Å². The van der Waals surface area contributed by atoms with Gasteiger partial charge in [-0.1, -0.05) is 18.2 Å². The summed E-state index contributed by atoms with van der Waals surface area (Å²) < 4.78 is 2.24. The number of rotatable bonds is 5. The summed E-state index contributed by atoms with van der Waals surface area (Å²) in [6, 6.07) is 10.5. The van der Waals surface area contributed by atoms with Crippen LogP contribution in [0.1, 0.15) is 6.42 Å². The first-order chi connectivity index (χ1) is 9.34. The van der Waals surface area contributed by atoms with Crippen LogP contribution in [0.15, 0.2) is 36.5 Å². The SMILES string of the molecule is Cl.O=C(NCCCn1ccc2ccccc21)C1CNC1. The van der Waals surface area contributed by atoms with E-state index in [1.165, 1.54) is 10.9 Å². The Balaban J connectivity index is 0.00000147. The number of hydrogen-bond donors (Lipinski definition) is 2. The number of carbonyl (C=O) groups excluding carboxylic acids is 1. The topological polar surface area (TPSA) is 46.1 Å². The molecule has 5 heteroatoms. The number of amides is 1. The quantitative estimate of drug-likeness (QED) is 0.826. The van der Waals surface area contributed by atoms with Crippen LogP contribution in [0.3, 0.4) is 0 Å². The molecule has 3 rings (SSSR count). The lowest BCUT2D eigenvalue weighted by atomic mass is 10.0. The van der Waals surface area contributed by atoms with Gasteiger partial charge in [-0.25, -0.2) is 0 Å². The standard InChI is InChI=1S/C15H19N3O.ClH/c19-15(13-10-16-11-13)17-7-3-8-18-9-6-12-4-1-2-5-14(12)18;/h1-2,4-6,9,13,16H,3,7-8,10-11H2,(H,17,19);1H. The molecule has 2 aromatic rings. The third kappa shape index (κ3) is 3.14. The zero-order chi connectivity index (χ0) is 13.1. The fourth-order valence-corrected chi connectivity index (χ4v) is 2.41. The molecule has 0 spiro atoms. The summed E-state index contributed by atoms with van der Waals surface area (Å²) in [4.78, 5) is 11.6. The molecule has 1 aliphatic rings. The minimum atomic E-state index is 0. The zero-order valence-electron chi connectivity index (χ0n) is 11.3. The van der Waals surface area contributed by atoms with E-state index in [0.29, 0.717) is 0 Å². The molecule has 0 saturated carbocycles. The second-order valence-corrected chi connectivity index (χ2v) is 5.07. The Morgan fingerprint density at radius 1 is 1.30 bits per heavy atom. The van der Waals surface area contributed by atoms with E-state index in [-0.39, 0.29) is 24.2 Å². The van der Waals surface area contributed by atoms with Gasteiger partial charge in [-0.05, 0) is 23.9 Å². The molecule has 108 valence electrons. The van der Waals surface area contributed by atoms with Crippen LogP contribution in [0.5, 0.6) is 0 Å². The van der Waals surface area contributed by atoms with Gasteiger partial charge < -0.3 is 15.2 Å². The lowest BCUT2D eigenvalue weighted by Gasteiger charge is -2.25. The van der Waals surface area contributed by atoms with Crippen molar-refractivity contribution in [2.75, 3.05) is 19.6 Å².